The first-order valence-electron chi connectivity index (χ1n) is 6.41. The van der Waals surface area contributed by atoms with Gasteiger partial charge in [0.25, 0.3) is 0 Å². The van der Waals surface area contributed by atoms with Gasteiger partial charge in [-0.1, -0.05) is 6.07 Å². The molecule has 0 aliphatic rings. The van der Waals surface area contributed by atoms with Gasteiger partial charge in [-0.25, -0.2) is 13.1 Å². The molecule has 1 atom stereocenters. The van der Waals surface area contributed by atoms with Gasteiger partial charge < -0.3 is 5.11 Å². The molecule has 0 aliphatic carbocycles. The molecule has 6 nitrogen and oxygen atoms in total. The lowest BCUT2D eigenvalue weighted by Crippen LogP contribution is -2.38. The average Bonchev–Trinajstić information content (AvgIpc) is 2.98. The molecule has 0 amide bonds. The maximum atomic E-state index is 12.4. The first-order chi connectivity index (χ1) is 9.65. The lowest BCUT2D eigenvalue weighted by molar-refractivity contribution is 0.0666. The number of hydrogen-bond acceptors (Lipinski definition) is 5. The maximum absolute atomic E-state index is 12.4. The highest BCUT2D eigenvalue weighted by Crippen LogP contribution is 2.25. The van der Waals surface area contributed by atoms with Crippen LogP contribution in [0.2, 0.25) is 0 Å². The Bertz CT molecular complexity index is 731. The summed E-state index contributed by atoms with van der Waals surface area (Å²) in [6, 6.07) is 3.60. The van der Waals surface area contributed by atoms with Gasteiger partial charge in [0, 0.05) is 18.5 Å². The molecule has 8 heteroatoms. The van der Waals surface area contributed by atoms with Crippen LogP contribution in [-0.2, 0) is 22.7 Å². The Labute approximate surface area is 128 Å². The van der Waals surface area contributed by atoms with Crippen molar-refractivity contribution in [2.75, 3.05) is 6.54 Å². The summed E-state index contributed by atoms with van der Waals surface area (Å²) in [7, 11) is -2.02. The van der Waals surface area contributed by atoms with E-state index in [1.807, 2.05) is 11.4 Å². The van der Waals surface area contributed by atoms with E-state index in [4.69, 9.17) is 0 Å². The number of aryl methyl sites for hydroxylation is 2. The van der Waals surface area contributed by atoms with Crippen LogP contribution < -0.4 is 4.72 Å². The van der Waals surface area contributed by atoms with Crippen LogP contribution in [0.1, 0.15) is 23.2 Å². The van der Waals surface area contributed by atoms with E-state index < -0.39 is 15.6 Å². The molecule has 2 aromatic rings. The van der Waals surface area contributed by atoms with Crippen LogP contribution in [0.5, 0.6) is 0 Å². The molecule has 0 saturated heterocycles. The summed E-state index contributed by atoms with van der Waals surface area (Å²) in [5.41, 5.74) is -0.236. The molecule has 0 spiro atoms. The third-order valence-electron chi connectivity index (χ3n) is 3.37. The van der Waals surface area contributed by atoms with Crippen LogP contribution in [0.25, 0.3) is 0 Å². The largest absolute Gasteiger partial charge is 0.383 e. The topological polar surface area (TPSA) is 84.2 Å². The summed E-state index contributed by atoms with van der Waals surface area (Å²) in [5.74, 6) is 0. The van der Waals surface area contributed by atoms with Crippen molar-refractivity contribution in [3.63, 3.8) is 0 Å². The molecule has 2 heterocycles. The highest BCUT2D eigenvalue weighted by Gasteiger charge is 2.29. The highest BCUT2D eigenvalue weighted by atomic mass is 32.2. The lowest BCUT2D eigenvalue weighted by atomic mass is 10.1. The second-order valence-corrected chi connectivity index (χ2v) is 7.85. The van der Waals surface area contributed by atoms with E-state index in [9.17, 15) is 13.5 Å². The van der Waals surface area contributed by atoms with Crippen LogP contribution in [0.4, 0.5) is 0 Å². The van der Waals surface area contributed by atoms with Crippen molar-refractivity contribution in [3.05, 3.63) is 33.8 Å². The molecule has 0 fully saturated rings. The minimum atomic E-state index is -3.71. The molecular formula is C13H19N3O3S2. The molecule has 2 aromatic heterocycles. The van der Waals surface area contributed by atoms with Crippen LogP contribution >= 0.6 is 11.3 Å². The second-order valence-electron chi connectivity index (χ2n) is 5.20. The average molecular weight is 329 g/mol. The summed E-state index contributed by atoms with van der Waals surface area (Å²) in [5, 5.41) is 16.3. The zero-order valence-corrected chi connectivity index (χ0v) is 14.0. The van der Waals surface area contributed by atoms with Crippen LogP contribution in [-0.4, -0.2) is 29.8 Å². The third kappa shape index (κ3) is 3.18. The van der Waals surface area contributed by atoms with Gasteiger partial charge in [-0.3, -0.25) is 4.68 Å². The zero-order chi connectivity index (χ0) is 15.8. The molecule has 0 aliphatic heterocycles. The van der Waals surface area contributed by atoms with Gasteiger partial charge in [-0.15, -0.1) is 11.3 Å². The minimum absolute atomic E-state index is 0.0936. The van der Waals surface area contributed by atoms with E-state index in [0.29, 0.717) is 16.3 Å². The summed E-state index contributed by atoms with van der Waals surface area (Å²) < 4.78 is 28.9. The molecule has 0 aromatic carbocycles. The summed E-state index contributed by atoms with van der Waals surface area (Å²) in [4.78, 5) is 0.886. The van der Waals surface area contributed by atoms with E-state index in [2.05, 4.69) is 9.82 Å². The molecule has 116 valence electrons. The van der Waals surface area contributed by atoms with Crippen LogP contribution in [0.3, 0.4) is 0 Å². The molecular weight excluding hydrogens is 310 g/mol. The Balaban J connectivity index is 2.23. The highest BCUT2D eigenvalue weighted by molar-refractivity contribution is 7.89. The fraction of sp³-hybridized carbons (Fsp3) is 0.462. The van der Waals surface area contributed by atoms with Gasteiger partial charge in [-0.05, 0) is 32.2 Å². The number of thiophene rings is 1. The van der Waals surface area contributed by atoms with E-state index >= 15 is 0 Å². The van der Waals surface area contributed by atoms with Crippen molar-refractivity contribution in [2.45, 2.75) is 31.3 Å². The molecule has 0 saturated carbocycles. The number of rotatable bonds is 5. The molecule has 2 rings (SSSR count). The Morgan fingerprint density at radius 3 is 2.62 bits per heavy atom. The number of hydrogen-bond donors (Lipinski definition) is 2. The normalized spacial score (nSPS) is 15.1. The zero-order valence-electron chi connectivity index (χ0n) is 12.4. The fourth-order valence-corrected chi connectivity index (χ4v) is 4.48. The Kier molecular flexibility index (Phi) is 4.25. The van der Waals surface area contributed by atoms with Crippen molar-refractivity contribution in [3.8, 4) is 0 Å². The number of nitrogens with zero attached hydrogens (tertiary/aromatic N) is 2. The molecule has 0 bridgehead atoms. The van der Waals surface area contributed by atoms with Gasteiger partial charge >= 0.3 is 0 Å². The van der Waals surface area contributed by atoms with E-state index in [1.54, 1.807) is 33.9 Å². The SMILES string of the molecule is Cc1nn(C)c(C)c1S(=O)(=O)NC[C@@](C)(O)c1cccs1. The van der Waals surface area contributed by atoms with Gasteiger partial charge in [0.2, 0.25) is 10.0 Å². The number of aliphatic hydroxyl groups is 1. The molecule has 21 heavy (non-hydrogen) atoms. The van der Waals surface area contributed by atoms with Crippen molar-refractivity contribution in [1.82, 2.24) is 14.5 Å². The number of sulfonamides is 1. The minimum Gasteiger partial charge on any atom is -0.383 e. The van der Waals surface area contributed by atoms with Crippen LogP contribution in [0, 0.1) is 13.8 Å². The Morgan fingerprint density at radius 1 is 1.48 bits per heavy atom. The molecule has 0 radical (unpaired) electrons. The first-order valence-corrected chi connectivity index (χ1v) is 8.77. The summed E-state index contributed by atoms with van der Waals surface area (Å²) in [6.07, 6.45) is 0. The maximum Gasteiger partial charge on any atom is 0.244 e. The second kappa shape index (κ2) is 5.53. The van der Waals surface area contributed by atoms with E-state index in [-0.39, 0.29) is 11.4 Å². The molecule has 0 unspecified atom stereocenters. The quantitative estimate of drug-likeness (QED) is 0.865. The monoisotopic (exact) mass is 329 g/mol. The lowest BCUT2D eigenvalue weighted by Gasteiger charge is -2.22. The van der Waals surface area contributed by atoms with Gasteiger partial charge in [0.1, 0.15) is 10.5 Å². The van der Waals surface area contributed by atoms with Gasteiger partial charge in [0.05, 0.1) is 11.4 Å². The Hall–Kier alpha value is -1.22. The van der Waals surface area contributed by atoms with Crippen molar-refractivity contribution in [2.24, 2.45) is 7.05 Å². The van der Waals surface area contributed by atoms with Crippen molar-refractivity contribution < 1.29 is 13.5 Å². The number of aromatic nitrogens is 2. The first kappa shape index (κ1) is 16.2. The van der Waals surface area contributed by atoms with Gasteiger partial charge in [-0.2, -0.15) is 5.10 Å². The Morgan fingerprint density at radius 2 is 2.14 bits per heavy atom. The fourth-order valence-electron chi connectivity index (χ4n) is 2.12. The summed E-state index contributed by atoms with van der Waals surface area (Å²) in [6.45, 7) is 4.85. The molecule has 2 N–H and O–H groups in total. The summed E-state index contributed by atoms with van der Waals surface area (Å²) >= 11 is 1.39. The van der Waals surface area contributed by atoms with Crippen molar-refractivity contribution >= 4 is 21.4 Å². The van der Waals surface area contributed by atoms with Crippen molar-refractivity contribution in [1.29, 1.82) is 0 Å². The smallest absolute Gasteiger partial charge is 0.244 e. The predicted octanol–water partition coefficient (Wildman–Crippen LogP) is 1.28. The standard InChI is InChI=1S/C13H19N3O3S2/c1-9-12(10(2)16(4)15-9)21(18,19)14-8-13(3,17)11-6-5-7-20-11/h5-7,14,17H,8H2,1-4H3/t13-/m1/s1. The predicted molar refractivity (Wildman–Crippen MR) is 81.8 cm³/mol. The third-order valence-corrected chi connectivity index (χ3v) is 6.15. The number of nitrogens with one attached hydrogen (secondary N) is 1. The van der Waals surface area contributed by atoms with Gasteiger partial charge in [0.15, 0.2) is 0 Å². The van der Waals surface area contributed by atoms with E-state index in [0.717, 1.165) is 0 Å². The van der Waals surface area contributed by atoms with Crippen LogP contribution in [0.15, 0.2) is 22.4 Å². The van der Waals surface area contributed by atoms with E-state index in [1.165, 1.54) is 16.0 Å².